The molecule has 3 aromatic rings. The molecule has 0 saturated carbocycles. The molecular weight excluding hydrogens is 381 g/mol. The van der Waals surface area contributed by atoms with Crippen molar-refractivity contribution in [1.29, 1.82) is 0 Å². The fourth-order valence-electron chi connectivity index (χ4n) is 3.56. The molecule has 1 aliphatic heterocycles. The molecule has 0 atom stereocenters. The lowest BCUT2D eigenvalue weighted by atomic mass is 10.1. The molecule has 0 N–H and O–H groups in total. The first kappa shape index (κ1) is 20.2. The van der Waals surface area contributed by atoms with Gasteiger partial charge in [-0.25, -0.2) is 4.39 Å². The maximum Gasteiger partial charge on any atom is 0.231 e. The summed E-state index contributed by atoms with van der Waals surface area (Å²) in [5, 5.41) is 0. The van der Waals surface area contributed by atoms with Crippen molar-refractivity contribution in [3.05, 3.63) is 89.2 Å². The Balaban J connectivity index is 1.45. The molecule has 4 nitrogen and oxygen atoms in total. The minimum Gasteiger partial charge on any atom is -0.494 e. The Morgan fingerprint density at radius 3 is 2.17 bits per heavy atom. The number of halogens is 1. The summed E-state index contributed by atoms with van der Waals surface area (Å²) in [5.74, 6) is 2.28. The molecule has 156 valence electrons. The maximum absolute atomic E-state index is 13.3. The summed E-state index contributed by atoms with van der Waals surface area (Å²) in [6, 6.07) is 21.0. The average Bonchev–Trinajstić information content (AvgIpc) is 3.23. The molecule has 0 amide bonds. The molecule has 1 heterocycles. The number of ether oxygens (including phenoxy) is 3. The van der Waals surface area contributed by atoms with E-state index < -0.39 is 0 Å². The van der Waals surface area contributed by atoms with Crippen molar-refractivity contribution < 1.29 is 18.6 Å². The summed E-state index contributed by atoms with van der Waals surface area (Å²) >= 11 is 0. The van der Waals surface area contributed by atoms with E-state index in [1.54, 1.807) is 0 Å². The highest BCUT2D eigenvalue weighted by Gasteiger charge is 2.14. The highest BCUT2D eigenvalue weighted by Crippen LogP contribution is 2.32. The molecule has 0 saturated heterocycles. The van der Waals surface area contributed by atoms with E-state index in [0.717, 1.165) is 48.9 Å². The summed E-state index contributed by atoms with van der Waals surface area (Å²) in [7, 11) is 0. The van der Waals surface area contributed by atoms with E-state index in [0.29, 0.717) is 6.61 Å². The van der Waals surface area contributed by atoms with Gasteiger partial charge in [0, 0.05) is 19.6 Å². The first-order valence-corrected chi connectivity index (χ1v) is 10.3. The van der Waals surface area contributed by atoms with Crippen LogP contribution >= 0.6 is 0 Å². The SMILES string of the molecule is CCOc1ccc(CN(CCc2ccc3c(c2)OCO3)Cc2ccc(F)cc2)cc1. The van der Waals surface area contributed by atoms with Crippen molar-refractivity contribution in [1.82, 2.24) is 4.90 Å². The van der Waals surface area contributed by atoms with E-state index in [1.165, 1.54) is 23.3 Å². The Labute approximate surface area is 176 Å². The van der Waals surface area contributed by atoms with E-state index in [9.17, 15) is 4.39 Å². The van der Waals surface area contributed by atoms with Gasteiger partial charge in [-0.3, -0.25) is 4.90 Å². The smallest absolute Gasteiger partial charge is 0.231 e. The lowest BCUT2D eigenvalue weighted by molar-refractivity contribution is 0.174. The normalized spacial score (nSPS) is 12.4. The van der Waals surface area contributed by atoms with Crippen molar-refractivity contribution in [2.24, 2.45) is 0 Å². The predicted molar refractivity (Wildman–Crippen MR) is 114 cm³/mol. The van der Waals surface area contributed by atoms with Crippen LogP contribution in [0, 0.1) is 5.82 Å². The van der Waals surface area contributed by atoms with E-state index in [4.69, 9.17) is 14.2 Å². The molecule has 0 unspecified atom stereocenters. The van der Waals surface area contributed by atoms with Gasteiger partial charge in [-0.05, 0) is 66.4 Å². The Morgan fingerprint density at radius 1 is 0.833 bits per heavy atom. The number of rotatable bonds is 9. The van der Waals surface area contributed by atoms with Gasteiger partial charge in [0.15, 0.2) is 11.5 Å². The standard InChI is InChI=1S/C25H26FNO3/c1-2-28-23-10-5-21(6-11-23)17-27(16-20-3-8-22(26)9-4-20)14-13-19-7-12-24-25(15-19)30-18-29-24/h3-12,15H,2,13-14,16-18H2,1H3. The second-order valence-electron chi connectivity index (χ2n) is 7.35. The number of hydrogen-bond donors (Lipinski definition) is 0. The molecule has 0 radical (unpaired) electrons. The Hall–Kier alpha value is -3.05. The van der Waals surface area contributed by atoms with Crippen LogP contribution in [-0.2, 0) is 19.5 Å². The lowest BCUT2D eigenvalue weighted by Gasteiger charge is -2.23. The summed E-state index contributed by atoms with van der Waals surface area (Å²) in [6.07, 6.45) is 0.884. The molecule has 1 aliphatic rings. The molecule has 5 heteroatoms. The van der Waals surface area contributed by atoms with Crippen molar-refractivity contribution in [3.63, 3.8) is 0 Å². The van der Waals surface area contributed by atoms with Gasteiger partial charge in [-0.15, -0.1) is 0 Å². The Bertz CT molecular complexity index is 957. The average molecular weight is 407 g/mol. The van der Waals surface area contributed by atoms with Crippen LogP contribution in [0.4, 0.5) is 4.39 Å². The van der Waals surface area contributed by atoms with Gasteiger partial charge < -0.3 is 14.2 Å². The van der Waals surface area contributed by atoms with E-state index in [1.807, 2.05) is 37.3 Å². The largest absolute Gasteiger partial charge is 0.494 e. The van der Waals surface area contributed by atoms with Crippen molar-refractivity contribution in [2.45, 2.75) is 26.4 Å². The minimum atomic E-state index is -0.211. The third kappa shape index (κ3) is 5.30. The van der Waals surface area contributed by atoms with Gasteiger partial charge in [0.25, 0.3) is 0 Å². The second kappa shape index (κ2) is 9.63. The van der Waals surface area contributed by atoms with Crippen molar-refractivity contribution >= 4 is 0 Å². The first-order valence-electron chi connectivity index (χ1n) is 10.3. The van der Waals surface area contributed by atoms with Gasteiger partial charge in [0.1, 0.15) is 11.6 Å². The van der Waals surface area contributed by atoms with Gasteiger partial charge in [0.05, 0.1) is 6.61 Å². The number of nitrogens with zero attached hydrogens (tertiary/aromatic N) is 1. The zero-order valence-electron chi connectivity index (χ0n) is 17.1. The van der Waals surface area contributed by atoms with Crippen molar-refractivity contribution in [3.8, 4) is 17.2 Å². The third-order valence-electron chi connectivity index (χ3n) is 5.11. The van der Waals surface area contributed by atoms with Crippen LogP contribution < -0.4 is 14.2 Å². The molecule has 3 aromatic carbocycles. The lowest BCUT2D eigenvalue weighted by Crippen LogP contribution is -2.25. The molecule has 0 spiro atoms. The van der Waals surface area contributed by atoms with Crippen LogP contribution in [0.2, 0.25) is 0 Å². The van der Waals surface area contributed by atoms with Crippen LogP contribution in [0.15, 0.2) is 66.7 Å². The van der Waals surface area contributed by atoms with Gasteiger partial charge >= 0.3 is 0 Å². The van der Waals surface area contributed by atoms with Gasteiger partial charge in [-0.2, -0.15) is 0 Å². The van der Waals surface area contributed by atoms with Crippen LogP contribution in [0.3, 0.4) is 0 Å². The number of benzene rings is 3. The number of hydrogen-bond acceptors (Lipinski definition) is 4. The van der Waals surface area contributed by atoms with Crippen LogP contribution in [0.25, 0.3) is 0 Å². The molecular formula is C25H26FNO3. The highest BCUT2D eigenvalue weighted by atomic mass is 19.1. The maximum atomic E-state index is 13.3. The molecule has 0 fully saturated rings. The van der Waals surface area contributed by atoms with Crippen LogP contribution in [0.1, 0.15) is 23.6 Å². The monoisotopic (exact) mass is 407 g/mol. The van der Waals surface area contributed by atoms with Crippen LogP contribution in [0.5, 0.6) is 17.2 Å². The molecule has 0 bridgehead atoms. The Morgan fingerprint density at radius 2 is 1.47 bits per heavy atom. The third-order valence-corrected chi connectivity index (χ3v) is 5.11. The zero-order chi connectivity index (χ0) is 20.8. The summed E-state index contributed by atoms with van der Waals surface area (Å²) < 4.78 is 29.7. The predicted octanol–water partition coefficient (Wildman–Crippen LogP) is 5.20. The molecule has 0 aliphatic carbocycles. The molecule has 4 rings (SSSR count). The number of fused-ring (bicyclic) bond motifs is 1. The van der Waals surface area contributed by atoms with E-state index in [-0.39, 0.29) is 12.6 Å². The Kier molecular flexibility index (Phi) is 6.50. The van der Waals surface area contributed by atoms with Gasteiger partial charge in [-0.1, -0.05) is 30.3 Å². The van der Waals surface area contributed by atoms with Crippen LogP contribution in [-0.4, -0.2) is 24.8 Å². The van der Waals surface area contributed by atoms with E-state index in [2.05, 4.69) is 29.2 Å². The topological polar surface area (TPSA) is 30.9 Å². The molecule has 30 heavy (non-hydrogen) atoms. The highest BCUT2D eigenvalue weighted by molar-refractivity contribution is 5.44. The summed E-state index contributed by atoms with van der Waals surface area (Å²) in [4.78, 5) is 2.37. The fraction of sp³-hybridized carbons (Fsp3) is 0.280. The van der Waals surface area contributed by atoms with Crippen molar-refractivity contribution in [2.75, 3.05) is 19.9 Å². The minimum absolute atomic E-state index is 0.211. The fourth-order valence-corrected chi connectivity index (χ4v) is 3.56. The zero-order valence-corrected chi connectivity index (χ0v) is 17.1. The first-order chi connectivity index (χ1) is 14.7. The van der Waals surface area contributed by atoms with E-state index >= 15 is 0 Å². The quantitative estimate of drug-likeness (QED) is 0.488. The second-order valence-corrected chi connectivity index (χ2v) is 7.35. The summed E-state index contributed by atoms with van der Waals surface area (Å²) in [5.41, 5.74) is 3.51. The molecule has 0 aromatic heterocycles. The van der Waals surface area contributed by atoms with Gasteiger partial charge in [0.2, 0.25) is 6.79 Å². The summed E-state index contributed by atoms with van der Waals surface area (Å²) in [6.45, 7) is 5.34.